The van der Waals surface area contributed by atoms with Gasteiger partial charge in [-0.05, 0) is 19.8 Å². The molecule has 19 heavy (non-hydrogen) atoms. The maximum Gasteiger partial charge on any atom is 0.0897 e. The highest BCUT2D eigenvalue weighted by atomic mass is 32.1. The van der Waals surface area contributed by atoms with E-state index in [0.717, 1.165) is 13.1 Å². The molecular weight excluding hydrogens is 254 g/mol. The van der Waals surface area contributed by atoms with Crippen LogP contribution >= 0.6 is 11.3 Å². The van der Waals surface area contributed by atoms with E-state index >= 15 is 0 Å². The van der Waals surface area contributed by atoms with Crippen molar-refractivity contribution in [2.45, 2.75) is 65.1 Å². The van der Waals surface area contributed by atoms with Crippen LogP contribution in [0.5, 0.6) is 0 Å². The quantitative estimate of drug-likeness (QED) is 0.868. The molecule has 0 saturated carbocycles. The van der Waals surface area contributed by atoms with Gasteiger partial charge in [0.1, 0.15) is 0 Å². The lowest BCUT2D eigenvalue weighted by molar-refractivity contribution is 0.110. The SMILES string of the molecule is CCCC1CN(Cc2csc(C)n2)C(CCC)CN1. The number of hydrogen-bond donors (Lipinski definition) is 1. The van der Waals surface area contributed by atoms with Crippen molar-refractivity contribution in [1.82, 2.24) is 15.2 Å². The molecule has 1 aliphatic heterocycles. The Labute approximate surface area is 121 Å². The molecule has 0 aromatic carbocycles. The summed E-state index contributed by atoms with van der Waals surface area (Å²) in [6.45, 7) is 9.99. The molecule has 0 spiro atoms. The molecule has 1 aromatic heterocycles. The molecule has 4 heteroatoms. The molecule has 2 rings (SSSR count). The molecule has 1 fully saturated rings. The van der Waals surface area contributed by atoms with Crippen molar-refractivity contribution in [2.75, 3.05) is 13.1 Å². The van der Waals surface area contributed by atoms with Crippen molar-refractivity contribution in [3.05, 3.63) is 16.1 Å². The minimum absolute atomic E-state index is 0.665. The normalized spacial score (nSPS) is 24.8. The predicted molar refractivity (Wildman–Crippen MR) is 82.7 cm³/mol. The summed E-state index contributed by atoms with van der Waals surface area (Å²) >= 11 is 1.77. The van der Waals surface area contributed by atoms with Gasteiger partial charge in [0.25, 0.3) is 0 Å². The second kappa shape index (κ2) is 7.36. The third-order valence-electron chi connectivity index (χ3n) is 3.90. The fraction of sp³-hybridized carbons (Fsp3) is 0.800. The van der Waals surface area contributed by atoms with Gasteiger partial charge in [-0.15, -0.1) is 11.3 Å². The van der Waals surface area contributed by atoms with Crippen LogP contribution in [0.1, 0.15) is 50.2 Å². The highest BCUT2D eigenvalue weighted by molar-refractivity contribution is 7.09. The van der Waals surface area contributed by atoms with Crippen molar-refractivity contribution in [3.63, 3.8) is 0 Å². The summed E-state index contributed by atoms with van der Waals surface area (Å²) in [7, 11) is 0. The van der Waals surface area contributed by atoms with Crippen LogP contribution in [0.2, 0.25) is 0 Å². The summed E-state index contributed by atoms with van der Waals surface area (Å²) in [6.07, 6.45) is 5.09. The zero-order valence-electron chi connectivity index (χ0n) is 12.5. The second-order valence-electron chi connectivity index (χ2n) is 5.62. The average Bonchev–Trinajstić information content (AvgIpc) is 2.79. The molecule has 2 atom stereocenters. The van der Waals surface area contributed by atoms with Crippen LogP contribution in [-0.2, 0) is 6.54 Å². The maximum absolute atomic E-state index is 4.63. The van der Waals surface area contributed by atoms with Crippen molar-refractivity contribution >= 4 is 11.3 Å². The van der Waals surface area contributed by atoms with Gasteiger partial charge in [0.2, 0.25) is 0 Å². The fourth-order valence-corrected chi connectivity index (χ4v) is 3.57. The van der Waals surface area contributed by atoms with Crippen LogP contribution in [0, 0.1) is 6.92 Å². The Morgan fingerprint density at radius 3 is 2.79 bits per heavy atom. The number of aromatic nitrogens is 1. The molecule has 3 nitrogen and oxygen atoms in total. The van der Waals surface area contributed by atoms with Crippen molar-refractivity contribution in [1.29, 1.82) is 0 Å². The minimum Gasteiger partial charge on any atom is -0.311 e. The summed E-state index contributed by atoms with van der Waals surface area (Å²) in [5.74, 6) is 0. The molecule has 0 bridgehead atoms. The topological polar surface area (TPSA) is 28.2 Å². The number of piperazine rings is 1. The van der Waals surface area contributed by atoms with E-state index in [0.29, 0.717) is 12.1 Å². The summed E-state index contributed by atoms with van der Waals surface area (Å²) in [5.41, 5.74) is 1.25. The Hall–Kier alpha value is -0.450. The smallest absolute Gasteiger partial charge is 0.0897 e. The number of nitrogens with one attached hydrogen (secondary N) is 1. The van der Waals surface area contributed by atoms with E-state index in [1.807, 2.05) is 0 Å². The van der Waals surface area contributed by atoms with Crippen molar-refractivity contribution in [3.8, 4) is 0 Å². The molecule has 1 aromatic rings. The first-order valence-electron chi connectivity index (χ1n) is 7.61. The van der Waals surface area contributed by atoms with E-state index < -0.39 is 0 Å². The van der Waals surface area contributed by atoms with Gasteiger partial charge in [-0.1, -0.05) is 26.7 Å². The number of rotatable bonds is 6. The first-order chi connectivity index (χ1) is 9.22. The molecular formula is C15H27N3S. The highest BCUT2D eigenvalue weighted by Gasteiger charge is 2.27. The van der Waals surface area contributed by atoms with Crippen LogP contribution in [0.3, 0.4) is 0 Å². The third-order valence-corrected chi connectivity index (χ3v) is 4.73. The van der Waals surface area contributed by atoms with E-state index in [4.69, 9.17) is 0 Å². The van der Waals surface area contributed by atoms with E-state index in [2.05, 4.69) is 41.4 Å². The summed E-state index contributed by atoms with van der Waals surface area (Å²) in [5, 5.41) is 7.12. The van der Waals surface area contributed by atoms with Crippen LogP contribution in [-0.4, -0.2) is 35.1 Å². The van der Waals surface area contributed by atoms with Crippen molar-refractivity contribution in [2.24, 2.45) is 0 Å². The van der Waals surface area contributed by atoms with E-state index in [9.17, 15) is 0 Å². The number of nitrogens with zero attached hydrogens (tertiary/aromatic N) is 2. The summed E-state index contributed by atoms with van der Waals surface area (Å²) < 4.78 is 0. The maximum atomic E-state index is 4.63. The Morgan fingerprint density at radius 2 is 2.16 bits per heavy atom. The van der Waals surface area contributed by atoms with Gasteiger partial charge in [0.05, 0.1) is 10.7 Å². The third kappa shape index (κ3) is 4.26. The van der Waals surface area contributed by atoms with Crippen LogP contribution in [0.25, 0.3) is 0 Å². The number of aryl methyl sites for hydroxylation is 1. The van der Waals surface area contributed by atoms with Gasteiger partial charge in [-0.2, -0.15) is 0 Å². The predicted octanol–water partition coefficient (Wildman–Crippen LogP) is 3.19. The molecule has 0 amide bonds. The van der Waals surface area contributed by atoms with Crippen LogP contribution in [0.15, 0.2) is 5.38 Å². The monoisotopic (exact) mass is 281 g/mol. The molecule has 0 radical (unpaired) electrons. The van der Waals surface area contributed by atoms with Gasteiger partial charge in [-0.3, -0.25) is 4.90 Å². The lowest BCUT2D eigenvalue weighted by Gasteiger charge is -2.40. The number of thiazole rings is 1. The van der Waals surface area contributed by atoms with Crippen LogP contribution in [0.4, 0.5) is 0 Å². The second-order valence-corrected chi connectivity index (χ2v) is 6.69. The van der Waals surface area contributed by atoms with E-state index in [1.54, 1.807) is 11.3 Å². The zero-order chi connectivity index (χ0) is 13.7. The summed E-state index contributed by atoms with van der Waals surface area (Å²) in [4.78, 5) is 7.27. The highest BCUT2D eigenvalue weighted by Crippen LogP contribution is 2.19. The van der Waals surface area contributed by atoms with Crippen LogP contribution < -0.4 is 5.32 Å². The fourth-order valence-electron chi connectivity index (χ4n) is 2.97. The standard InChI is InChI=1S/C15H27N3S/c1-4-6-13-9-18(15(7-5-2)8-16-13)10-14-11-19-12(3)17-14/h11,13,15-16H,4-10H2,1-3H3. The van der Waals surface area contributed by atoms with Crippen molar-refractivity contribution < 1.29 is 0 Å². The Balaban J connectivity index is 1.98. The molecule has 2 heterocycles. The van der Waals surface area contributed by atoms with Gasteiger partial charge in [0, 0.05) is 37.1 Å². The van der Waals surface area contributed by atoms with Gasteiger partial charge >= 0.3 is 0 Å². The molecule has 1 aliphatic rings. The molecule has 0 aliphatic carbocycles. The Morgan fingerprint density at radius 1 is 1.37 bits per heavy atom. The first kappa shape index (κ1) is 14.9. The Kier molecular flexibility index (Phi) is 5.79. The molecule has 1 N–H and O–H groups in total. The lowest BCUT2D eigenvalue weighted by Crippen LogP contribution is -2.55. The number of hydrogen-bond acceptors (Lipinski definition) is 4. The summed E-state index contributed by atoms with van der Waals surface area (Å²) in [6, 6.07) is 1.35. The van der Waals surface area contributed by atoms with E-state index in [-0.39, 0.29) is 0 Å². The zero-order valence-corrected chi connectivity index (χ0v) is 13.3. The first-order valence-corrected chi connectivity index (χ1v) is 8.49. The van der Waals surface area contributed by atoms with Gasteiger partial charge in [0.15, 0.2) is 0 Å². The van der Waals surface area contributed by atoms with Gasteiger partial charge < -0.3 is 5.32 Å². The largest absolute Gasteiger partial charge is 0.311 e. The average molecular weight is 281 g/mol. The van der Waals surface area contributed by atoms with Gasteiger partial charge in [-0.25, -0.2) is 4.98 Å². The molecule has 1 saturated heterocycles. The molecule has 108 valence electrons. The minimum atomic E-state index is 0.665. The Bertz CT molecular complexity index is 377. The molecule has 2 unspecified atom stereocenters. The lowest BCUT2D eigenvalue weighted by atomic mass is 10.0. The van der Waals surface area contributed by atoms with E-state index in [1.165, 1.54) is 42.9 Å².